The van der Waals surface area contributed by atoms with Crippen LogP contribution in [0.2, 0.25) is 0 Å². The molecule has 0 atom stereocenters. The van der Waals surface area contributed by atoms with Crippen LogP contribution >= 0.6 is 0 Å². The van der Waals surface area contributed by atoms with Crippen molar-refractivity contribution >= 4 is 11.8 Å². The van der Waals surface area contributed by atoms with Gasteiger partial charge in [0.05, 0.1) is 19.6 Å². The first-order valence-electron chi connectivity index (χ1n) is 8.87. The first kappa shape index (κ1) is 18.5. The average Bonchev–Trinajstić information content (AvgIpc) is 2.61. The van der Waals surface area contributed by atoms with Gasteiger partial charge in [-0.15, -0.1) is 0 Å². The first-order valence-corrected chi connectivity index (χ1v) is 8.87. The lowest BCUT2D eigenvalue weighted by molar-refractivity contribution is -0.135. The van der Waals surface area contributed by atoms with Crippen molar-refractivity contribution < 1.29 is 14.3 Å². The molecule has 2 amide bonds. The molecule has 1 aliphatic rings. The number of likely N-dealkylation sites (N-methyl/N-ethyl adjacent to an activating group) is 1. The zero-order valence-corrected chi connectivity index (χ0v) is 14.5. The highest BCUT2D eigenvalue weighted by atomic mass is 16.5. The van der Waals surface area contributed by atoms with Gasteiger partial charge in [0.1, 0.15) is 5.54 Å². The average molecular weight is 332 g/mol. The maximum Gasteiger partial charge on any atom is 0.245 e. The van der Waals surface area contributed by atoms with Gasteiger partial charge in [-0.3, -0.25) is 9.59 Å². The molecule has 0 saturated heterocycles. The molecule has 1 saturated carbocycles. The summed E-state index contributed by atoms with van der Waals surface area (Å²) in [5.74, 6) is -0.167. The van der Waals surface area contributed by atoms with Gasteiger partial charge < -0.3 is 15.4 Å². The minimum absolute atomic E-state index is 0.0525. The highest BCUT2D eigenvalue weighted by Gasteiger charge is 2.40. The van der Waals surface area contributed by atoms with E-state index >= 15 is 0 Å². The molecule has 0 heterocycles. The van der Waals surface area contributed by atoms with Crippen LogP contribution in [0, 0.1) is 0 Å². The molecule has 2 N–H and O–H groups in total. The van der Waals surface area contributed by atoms with Crippen molar-refractivity contribution in [2.45, 2.75) is 57.6 Å². The molecular weight excluding hydrogens is 304 g/mol. The largest absolute Gasteiger partial charge is 0.376 e. The van der Waals surface area contributed by atoms with Crippen LogP contribution in [0.15, 0.2) is 30.3 Å². The monoisotopic (exact) mass is 332 g/mol. The summed E-state index contributed by atoms with van der Waals surface area (Å²) in [6.07, 6.45) is 4.78. The molecule has 0 unspecified atom stereocenters. The van der Waals surface area contributed by atoms with Gasteiger partial charge in [-0.2, -0.15) is 0 Å². The molecule has 1 fully saturated rings. The number of ether oxygens (including phenoxy) is 1. The van der Waals surface area contributed by atoms with Gasteiger partial charge in [0.2, 0.25) is 11.8 Å². The lowest BCUT2D eigenvalue weighted by atomic mass is 9.80. The van der Waals surface area contributed by atoms with Gasteiger partial charge in [0.15, 0.2) is 0 Å². The summed E-state index contributed by atoms with van der Waals surface area (Å²) in [5.41, 5.74) is 0.356. The van der Waals surface area contributed by atoms with Crippen LogP contribution in [0.5, 0.6) is 0 Å². The zero-order valence-electron chi connectivity index (χ0n) is 14.5. The van der Waals surface area contributed by atoms with Crippen molar-refractivity contribution in [3.8, 4) is 0 Å². The van der Waals surface area contributed by atoms with Crippen LogP contribution < -0.4 is 10.6 Å². The zero-order chi connectivity index (χ0) is 17.3. The highest BCUT2D eigenvalue weighted by Crippen LogP contribution is 2.28. The maximum atomic E-state index is 12.4. The third kappa shape index (κ3) is 5.34. The Morgan fingerprint density at radius 1 is 1.12 bits per heavy atom. The number of nitrogens with one attached hydrogen (secondary N) is 2. The molecular formula is C19H28N2O3. The van der Waals surface area contributed by atoms with Crippen molar-refractivity contribution in [2.75, 3.05) is 13.2 Å². The summed E-state index contributed by atoms with van der Waals surface area (Å²) >= 11 is 0. The molecule has 0 radical (unpaired) electrons. The number of rotatable bonds is 8. The fourth-order valence-corrected chi connectivity index (χ4v) is 3.15. The fraction of sp³-hybridized carbons (Fsp3) is 0.579. The summed E-state index contributed by atoms with van der Waals surface area (Å²) < 4.78 is 5.56. The van der Waals surface area contributed by atoms with Crippen LogP contribution in [-0.2, 0) is 20.9 Å². The van der Waals surface area contributed by atoms with Gasteiger partial charge >= 0.3 is 0 Å². The quantitative estimate of drug-likeness (QED) is 0.719. The van der Waals surface area contributed by atoms with Crippen LogP contribution in [-0.4, -0.2) is 30.5 Å². The molecule has 0 aliphatic heterocycles. The van der Waals surface area contributed by atoms with E-state index in [2.05, 4.69) is 10.6 Å². The van der Waals surface area contributed by atoms with Gasteiger partial charge in [0.25, 0.3) is 0 Å². The van der Waals surface area contributed by atoms with E-state index in [0.717, 1.165) is 37.7 Å². The van der Waals surface area contributed by atoms with E-state index in [1.165, 1.54) is 0 Å². The summed E-state index contributed by atoms with van der Waals surface area (Å²) in [7, 11) is 0. The second-order valence-corrected chi connectivity index (χ2v) is 6.34. The van der Waals surface area contributed by atoms with Gasteiger partial charge in [-0.05, 0) is 25.3 Å². The number of amides is 2. The van der Waals surface area contributed by atoms with Crippen LogP contribution in [0.4, 0.5) is 0 Å². The summed E-state index contributed by atoms with van der Waals surface area (Å²) in [6, 6.07) is 9.87. The van der Waals surface area contributed by atoms with E-state index in [4.69, 9.17) is 4.74 Å². The third-order valence-corrected chi connectivity index (χ3v) is 4.44. The van der Waals surface area contributed by atoms with Gasteiger partial charge in [0, 0.05) is 6.54 Å². The second kappa shape index (κ2) is 9.42. The van der Waals surface area contributed by atoms with Crippen LogP contribution in [0.3, 0.4) is 0 Å². The number of hydrogen-bond acceptors (Lipinski definition) is 3. The van der Waals surface area contributed by atoms with E-state index in [0.29, 0.717) is 19.8 Å². The van der Waals surface area contributed by atoms with Crippen molar-refractivity contribution in [1.29, 1.82) is 0 Å². The Morgan fingerprint density at radius 2 is 1.83 bits per heavy atom. The molecule has 5 nitrogen and oxygen atoms in total. The Morgan fingerprint density at radius 3 is 2.50 bits per heavy atom. The smallest absolute Gasteiger partial charge is 0.245 e. The molecule has 2 rings (SSSR count). The standard InChI is InChI=1S/C19H28N2O3/c1-2-20-18(23)19(12-7-4-8-13-19)21-17(22)11-14-24-15-16-9-5-3-6-10-16/h3,5-6,9-10H,2,4,7-8,11-15H2,1H3,(H,20,23)(H,21,22). The first-order chi connectivity index (χ1) is 11.7. The van der Waals surface area contributed by atoms with Crippen LogP contribution in [0.1, 0.15) is 51.0 Å². The summed E-state index contributed by atoms with van der Waals surface area (Å²) in [5, 5.41) is 5.85. The minimum Gasteiger partial charge on any atom is -0.376 e. The molecule has 132 valence electrons. The third-order valence-electron chi connectivity index (χ3n) is 4.44. The molecule has 1 aromatic rings. The lowest BCUT2D eigenvalue weighted by Gasteiger charge is -2.36. The fourth-order valence-electron chi connectivity index (χ4n) is 3.15. The van der Waals surface area contributed by atoms with E-state index < -0.39 is 5.54 Å². The second-order valence-electron chi connectivity index (χ2n) is 6.34. The lowest BCUT2D eigenvalue weighted by Crippen LogP contribution is -2.59. The Bertz CT molecular complexity index is 525. The molecule has 0 aromatic heterocycles. The molecule has 24 heavy (non-hydrogen) atoms. The van der Waals surface area contributed by atoms with E-state index in [9.17, 15) is 9.59 Å². The predicted molar refractivity (Wildman–Crippen MR) is 93.4 cm³/mol. The van der Waals surface area contributed by atoms with Crippen LogP contribution in [0.25, 0.3) is 0 Å². The summed E-state index contributed by atoms with van der Waals surface area (Å²) in [6.45, 7) is 3.33. The Labute approximate surface area is 144 Å². The number of benzene rings is 1. The molecule has 1 aromatic carbocycles. The Kier molecular flexibility index (Phi) is 7.25. The van der Waals surface area contributed by atoms with E-state index in [-0.39, 0.29) is 18.2 Å². The van der Waals surface area contributed by atoms with Crippen molar-refractivity contribution in [3.63, 3.8) is 0 Å². The summed E-state index contributed by atoms with van der Waals surface area (Å²) in [4.78, 5) is 24.7. The highest BCUT2D eigenvalue weighted by molar-refractivity contribution is 5.91. The normalized spacial score (nSPS) is 16.4. The number of hydrogen-bond donors (Lipinski definition) is 2. The minimum atomic E-state index is -0.731. The molecule has 1 aliphatic carbocycles. The van der Waals surface area contributed by atoms with E-state index in [1.807, 2.05) is 37.3 Å². The van der Waals surface area contributed by atoms with Gasteiger partial charge in [-0.1, -0.05) is 49.6 Å². The Hall–Kier alpha value is -1.88. The Balaban J connectivity index is 1.79. The van der Waals surface area contributed by atoms with E-state index in [1.54, 1.807) is 0 Å². The van der Waals surface area contributed by atoms with Crippen molar-refractivity contribution in [1.82, 2.24) is 10.6 Å². The topological polar surface area (TPSA) is 67.4 Å². The van der Waals surface area contributed by atoms with Crippen molar-refractivity contribution in [2.24, 2.45) is 0 Å². The predicted octanol–water partition coefficient (Wildman–Crippen LogP) is 2.55. The maximum absolute atomic E-state index is 12.4. The SMILES string of the molecule is CCNC(=O)C1(NC(=O)CCOCc2ccccc2)CCCCC1. The number of carbonyl (C=O) groups is 2. The molecule has 0 spiro atoms. The van der Waals surface area contributed by atoms with Gasteiger partial charge in [-0.25, -0.2) is 0 Å². The van der Waals surface area contributed by atoms with Crippen molar-refractivity contribution in [3.05, 3.63) is 35.9 Å². The number of carbonyl (C=O) groups excluding carboxylic acids is 2. The molecule has 0 bridgehead atoms. The molecule has 5 heteroatoms.